The summed E-state index contributed by atoms with van der Waals surface area (Å²) < 4.78 is 0. The molecule has 0 amide bonds. The van der Waals surface area contributed by atoms with Gasteiger partial charge in [0.15, 0.2) is 0 Å². The number of benzene rings is 3. The summed E-state index contributed by atoms with van der Waals surface area (Å²) in [6, 6.07) is 20.0. The molecule has 0 saturated heterocycles. The van der Waals surface area contributed by atoms with Crippen LogP contribution in [0.25, 0.3) is 22.4 Å². The van der Waals surface area contributed by atoms with Gasteiger partial charge >= 0.3 is 7.12 Å². The molecule has 3 aromatic rings. The summed E-state index contributed by atoms with van der Waals surface area (Å²) in [5.41, 5.74) is 4.57. The van der Waals surface area contributed by atoms with Gasteiger partial charge in [0.05, 0.1) is 0 Å². The molecule has 3 rings (SSSR count). The fourth-order valence-corrected chi connectivity index (χ4v) is 2.77. The molecule has 0 spiro atoms. The first kappa shape index (κ1) is 16.3. The van der Waals surface area contributed by atoms with E-state index in [1.165, 1.54) is 10.8 Å². The van der Waals surface area contributed by atoms with Gasteiger partial charge in [-0.3, -0.25) is 0 Å². The van der Waals surface area contributed by atoms with E-state index in [1.54, 1.807) is 12.1 Å². The molecule has 0 bridgehead atoms. The highest BCUT2D eigenvalue weighted by atomic mass is 16.4. The number of hydrogen-bond acceptors (Lipinski definition) is 2. The first-order valence-electron chi connectivity index (χ1n) is 7.88. The van der Waals surface area contributed by atoms with Crippen molar-refractivity contribution >= 4 is 35.0 Å². The number of fused-ring (bicyclic) bond motifs is 1. The van der Waals surface area contributed by atoms with E-state index < -0.39 is 7.12 Å². The van der Waals surface area contributed by atoms with Crippen LogP contribution in [0.15, 0.2) is 73.3 Å². The lowest BCUT2D eigenvalue weighted by Crippen LogP contribution is -2.29. The van der Waals surface area contributed by atoms with Crippen molar-refractivity contribution in [2.24, 2.45) is 0 Å². The Bertz CT molecular complexity index is 926. The Morgan fingerprint density at radius 1 is 0.958 bits per heavy atom. The monoisotopic (exact) mass is 314 g/mol. The zero-order valence-corrected chi connectivity index (χ0v) is 13.6. The van der Waals surface area contributed by atoms with Crippen LogP contribution in [-0.4, -0.2) is 17.2 Å². The molecule has 3 heteroatoms. The van der Waals surface area contributed by atoms with E-state index >= 15 is 0 Å². The van der Waals surface area contributed by atoms with Crippen LogP contribution in [0.2, 0.25) is 0 Å². The fraction of sp³-hybridized carbons (Fsp3) is 0.0476. The molecule has 2 nitrogen and oxygen atoms in total. The van der Waals surface area contributed by atoms with E-state index in [2.05, 4.69) is 36.9 Å². The first-order valence-corrected chi connectivity index (χ1v) is 7.88. The molecule has 118 valence electrons. The molecule has 0 atom stereocenters. The second-order valence-electron chi connectivity index (χ2n) is 5.86. The highest BCUT2D eigenvalue weighted by Gasteiger charge is 2.12. The van der Waals surface area contributed by atoms with Crippen LogP contribution in [-0.2, 0) is 0 Å². The number of rotatable bonds is 4. The smallest absolute Gasteiger partial charge is 0.423 e. The Kier molecular flexibility index (Phi) is 4.65. The third-order valence-electron chi connectivity index (χ3n) is 4.22. The minimum Gasteiger partial charge on any atom is -0.423 e. The predicted molar refractivity (Wildman–Crippen MR) is 103 cm³/mol. The molecule has 24 heavy (non-hydrogen) atoms. The van der Waals surface area contributed by atoms with Gasteiger partial charge < -0.3 is 10.0 Å². The summed E-state index contributed by atoms with van der Waals surface area (Å²) in [7, 11) is -1.47. The van der Waals surface area contributed by atoms with Crippen molar-refractivity contribution < 1.29 is 10.0 Å². The van der Waals surface area contributed by atoms with Crippen LogP contribution < -0.4 is 5.46 Å². The zero-order chi connectivity index (χ0) is 17.1. The van der Waals surface area contributed by atoms with Crippen LogP contribution in [0.1, 0.15) is 16.7 Å². The Labute approximate surface area is 142 Å². The topological polar surface area (TPSA) is 40.5 Å². The third-order valence-corrected chi connectivity index (χ3v) is 4.22. The van der Waals surface area contributed by atoms with Crippen LogP contribution in [0.5, 0.6) is 0 Å². The normalized spacial score (nSPS) is 11.5. The summed E-state index contributed by atoms with van der Waals surface area (Å²) >= 11 is 0. The Balaban J connectivity index is 2.08. The van der Waals surface area contributed by atoms with E-state index in [0.29, 0.717) is 5.46 Å². The molecule has 0 unspecified atom stereocenters. The van der Waals surface area contributed by atoms with Gasteiger partial charge in [0.1, 0.15) is 0 Å². The van der Waals surface area contributed by atoms with Gasteiger partial charge in [-0.15, -0.1) is 0 Å². The van der Waals surface area contributed by atoms with Crippen LogP contribution >= 0.6 is 0 Å². The van der Waals surface area contributed by atoms with Gasteiger partial charge in [-0.25, -0.2) is 0 Å². The first-order chi connectivity index (χ1) is 11.6. The zero-order valence-electron chi connectivity index (χ0n) is 13.6. The Morgan fingerprint density at radius 3 is 2.42 bits per heavy atom. The third kappa shape index (κ3) is 3.33. The second kappa shape index (κ2) is 6.87. The van der Waals surface area contributed by atoms with Gasteiger partial charge in [-0.05, 0) is 57.6 Å². The van der Waals surface area contributed by atoms with Crippen LogP contribution in [0.3, 0.4) is 0 Å². The summed E-state index contributed by atoms with van der Waals surface area (Å²) in [4.78, 5) is 0. The van der Waals surface area contributed by atoms with E-state index in [1.807, 2.05) is 37.3 Å². The van der Waals surface area contributed by atoms with Gasteiger partial charge in [0.25, 0.3) is 0 Å². The highest BCUT2D eigenvalue weighted by molar-refractivity contribution is 6.58. The highest BCUT2D eigenvalue weighted by Crippen LogP contribution is 2.24. The summed E-state index contributed by atoms with van der Waals surface area (Å²) in [6.45, 7) is 5.93. The Hall–Kier alpha value is -2.62. The molecule has 0 saturated carbocycles. The van der Waals surface area contributed by atoms with Gasteiger partial charge in [0, 0.05) is 0 Å². The van der Waals surface area contributed by atoms with Gasteiger partial charge in [0.2, 0.25) is 0 Å². The van der Waals surface area contributed by atoms with E-state index in [4.69, 9.17) is 0 Å². The molecular weight excluding hydrogens is 295 g/mol. The van der Waals surface area contributed by atoms with Crippen LogP contribution in [0.4, 0.5) is 0 Å². The van der Waals surface area contributed by atoms with E-state index in [0.717, 1.165) is 22.3 Å². The maximum Gasteiger partial charge on any atom is 0.488 e. The number of aryl methyl sites for hydroxylation is 1. The Morgan fingerprint density at radius 2 is 1.71 bits per heavy atom. The van der Waals surface area contributed by atoms with E-state index in [-0.39, 0.29) is 0 Å². The SMILES string of the molecule is C=C/C(=C\c1cc(B(O)O)ccc1C)c1ccc2ccccc2c1. The van der Waals surface area contributed by atoms with Crippen molar-refractivity contribution in [1.82, 2.24) is 0 Å². The van der Waals surface area contributed by atoms with Crippen molar-refractivity contribution in [3.63, 3.8) is 0 Å². The molecule has 3 aromatic carbocycles. The minimum absolute atomic E-state index is 0.480. The quantitative estimate of drug-likeness (QED) is 0.439. The molecule has 0 aliphatic rings. The lowest BCUT2D eigenvalue weighted by atomic mass is 9.78. The molecule has 0 heterocycles. The molecule has 0 fully saturated rings. The molecular formula is C21H19BO2. The molecule has 0 aromatic heterocycles. The van der Waals surface area contributed by atoms with Crippen molar-refractivity contribution in [2.75, 3.05) is 0 Å². The largest absolute Gasteiger partial charge is 0.488 e. The lowest BCUT2D eigenvalue weighted by molar-refractivity contribution is 0.426. The number of allylic oxidation sites excluding steroid dienone is 2. The maximum absolute atomic E-state index is 9.38. The fourth-order valence-electron chi connectivity index (χ4n) is 2.77. The average Bonchev–Trinajstić information content (AvgIpc) is 2.60. The summed E-state index contributed by atoms with van der Waals surface area (Å²) in [6.07, 6.45) is 3.85. The average molecular weight is 314 g/mol. The second-order valence-corrected chi connectivity index (χ2v) is 5.86. The summed E-state index contributed by atoms with van der Waals surface area (Å²) in [5.74, 6) is 0. The molecule has 0 radical (unpaired) electrons. The standard InChI is InChI=1S/C21H19BO2/c1-3-16(12-20-14-21(22(23)24)11-8-15(20)2)19-10-9-17-6-4-5-7-18(17)13-19/h3-14,23-24H,1H2,2H3/b16-12+. The number of hydrogen-bond donors (Lipinski definition) is 2. The lowest BCUT2D eigenvalue weighted by Gasteiger charge is -2.09. The molecule has 2 N–H and O–H groups in total. The maximum atomic E-state index is 9.38. The van der Waals surface area contributed by atoms with Crippen LogP contribution in [0, 0.1) is 6.92 Å². The van der Waals surface area contributed by atoms with Gasteiger partial charge in [-0.2, -0.15) is 0 Å². The van der Waals surface area contributed by atoms with Crippen molar-refractivity contribution in [3.8, 4) is 0 Å². The molecule has 0 aliphatic carbocycles. The van der Waals surface area contributed by atoms with Crippen molar-refractivity contribution in [2.45, 2.75) is 6.92 Å². The molecule has 0 aliphatic heterocycles. The van der Waals surface area contributed by atoms with Crippen molar-refractivity contribution in [3.05, 3.63) is 90.0 Å². The summed E-state index contributed by atoms with van der Waals surface area (Å²) in [5, 5.41) is 21.1. The van der Waals surface area contributed by atoms with Gasteiger partial charge in [-0.1, -0.05) is 67.3 Å². The predicted octanol–water partition coefficient (Wildman–Crippen LogP) is 3.55. The minimum atomic E-state index is -1.47. The van der Waals surface area contributed by atoms with Crippen molar-refractivity contribution in [1.29, 1.82) is 0 Å². The van der Waals surface area contributed by atoms with E-state index in [9.17, 15) is 10.0 Å².